The van der Waals surface area contributed by atoms with Crippen LogP contribution in [-0.2, 0) is 4.79 Å². The maximum absolute atomic E-state index is 11.8. The average Bonchev–Trinajstić information content (AvgIpc) is 2.86. The Balaban J connectivity index is 1.96. The number of carboxylic acid groups (broad SMARTS) is 1. The molecular formula is C10H13N3O3S. The van der Waals surface area contributed by atoms with Gasteiger partial charge in [0.05, 0.1) is 5.92 Å². The first-order valence-electron chi connectivity index (χ1n) is 5.26. The summed E-state index contributed by atoms with van der Waals surface area (Å²) in [5.74, 6) is -1.34. The van der Waals surface area contributed by atoms with Crippen molar-refractivity contribution in [1.29, 1.82) is 0 Å². The second kappa shape index (κ2) is 4.70. The molecule has 7 heteroatoms. The Bertz CT molecular complexity index is 420. The van der Waals surface area contributed by atoms with Gasteiger partial charge in [-0.15, -0.1) is 11.3 Å². The molecule has 2 amide bonds. The number of carbonyl (C=O) groups excluding carboxylic acids is 1. The number of carboxylic acids is 1. The average molecular weight is 255 g/mol. The summed E-state index contributed by atoms with van der Waals surface area (Å²) in [6, 6.07) is -0.282. The number of rotatable bonds is 2. The highest BCUT2D eigenvalue weighted by molar-refractivity contribution is 7.13. The van der Waals surface area contributed by atoms with Gasteiger partial charge in [0, 0.05) is 24.7 Å². The first kappa shape index (κ1) is 11.8. The van der Waals surface area contributed by atoms with Crippen LogP contribution in [0.15, 0.2) is 11.6 Å². The summed E-state index contributed by atoms with van der Waals surface area (Å²) in [6.45, 7) is 2.57. The van der Waals surface area contributed by atoms with Crippen molar-refractivity contribution < 1.29 is 14.7 Å². The number of nitrogens with one attached hydrogen (secondary N) is 1. The van der Waals surface area contributed by atoms with E-state index in [2.05, 4.69) is 10.3 Å². The van der Waals surface area contributed by atoms with Crippen LogP contribution in [-0.4, -0.2) is 40.1 Å². The van der Waals surface area contributed by atoms with E-state index < -0.39 is 11.9 Å². The van der Waals surface area contributed by atoms with Crippen LogP contribution in [0.3, 0.4) is 0 Å². The molecule has 1 aromatic rings. The van der Waals surface area contributed by atoms with Crippen molar-refractivity contribution >= 4 is 28.5 Å². The maximum Gasteiger partial charge on any atom is 0.323 e. The largest absolute Gasteiger partial charge is 0.481 e. The number of likely N-dealkylation sites (tertiary alicyclic amines) is 1. The lowest BCUT2D eigenvalue weighted by atomic mass is 9.99. The lowest BCUT2D eigenvalue weighted by Gasteiger charge is -2.15. The van der Waals surface area contributed by atoms with Crippen LogP contribution in [0.4, 0.5) is 9.93 Å². The molecule has 0 bridgehead atoms. The number of carbonyl (C=O) groups is 2. The van der Waals surface area contributed by atoms with E-state index in [0.29, 0.717) is 11.7 Å². The molecule has 0 aliphatic carbocycles. The Morgan fingerprint density at radius 3 is 2.88 bits per heavy atom. The van der Waals surface area contributed by atoms with E-state index in [9.17, 15) is 9.59 Å². The number of amides is 2. The molecule has 2 N–H and O–H groups in total. The molecule has 0 radical (unpaired) electrons. The fraction of sp³-hybridized carbons (Fsp3) is 0.500. The van der Waals surface area contributed by atoms with Crippen LogP contribution in [0, 0.1) is 11.8 Å². The Morgan fingerprint density at radius 1 is 1.59 bits per heavy atom. The zero-order valence-corrected chi connectivity index (χ0v) is 10.1. The zero-order chi connectivity index (χ0) is 12.4. The summed E-state index contributed by atoms with van der Waals surface area (Å²) in [7, 11) is 0. The van der Waals surface area contributed by atoms with E-state index in [0.717, 1.165) is 0 Å². The lowest BCUT2D eigenvalue weighted by Crippen LogP contribution is -2.33. The van der Waals surface area contributed by atoms with Gasteiger partial charge in [0.1, 0.15) is 0 Å². The first-order valence-corrected chi connectivity index (χ1v) is 6.14. The molecule has 2 unspecified atom stereocenters. The number of anilines is 1. The van der Waals surface area contributed by atoms with Crippen molar-refractivity contribution in [3.8, 4) is 0 Å². The third kappa shape index (κ3) is 2.55. The van der Waals surface area contributed by atoms with Gasteiger partial charge in [0.25, 0.3) is 0 Å². The van der Waals surface area contributed by atoms with Gasteiger partial charge in [-0.05, 0) is 5.92 Å². The quantitative estimate of drug-likeness (QED) is 0.835. The van der Waals surface area contributed by atoms with Crippen molar-refractivity contribution in [2.75, 3.05) is 18.4 Å². The smallest absolute Gasteiger partial charge is 0.323 e. The Morgan fingerprint density at radius 2 is 2.35 bits per heavy atom. The van der Waals surface area contributed by atoms with Gasteiger partial charge >= 0.3 is 12.0 Å². The first-order chi connectivity index (χ1) is 8.08. The minimum absolute atomic E-state index is 0.0189. The van der Waals surface area contributed by atoms with Crippen LogP contribution < -0.4 is 5.32 Å². The molecule has 1 aliphatic heterocycles. The highest BCUT2D eigenvalue weighted by Crippen LogP contribution is 2.24. The molecular weight excluding hydrogens is 242 g/mol. The van der Waals surface area contributed by atoms with Gasteiger partial charge in [-0.2, -0.15) is 0 Å². The summed E-state index contributed by atoms with van der Waals surface area (Å²) in [5.41, 5.74) is 0. The van der Waals surface area contributed by atoms with Crippen molar-refractivity contribution in [3.05, 3.63) is 11.6 Å². The SMILES string of the molecule is CC1CN(C(=O)Nc2nccs2)CC1C(=O)O. The number of nitrogens with zero attached hydrogens (tertiary/aromatic N) is 2. The monoisotopic (exact) mass is 255 g/mol. The van der Waals surface area contributed by atoms with Crippen molar-refractivity contribution in [2.24, 2.45) is 11.8 Å². The van der Waals surface area contributed by atoms with Crippen LogP contribution in [0.2, 0.25) is 0 Å². The summed E-state index contributed by atoms with van der Waals surface area (Å²) in [4.78, 5) is 28.2. The molecule has 0 aromatic carbocycles. The topological polar surface area (TPSA) is 82.5 Å². The molecule has 2 rings (SSSR count). The molecule has 1 aromatic heterocycles. The van der Waals surface area contributed by atoms with Crippen LogP contribution in [0.5, 0.6) is 0 Å². The summed E-state index contributed by atoms with van der Waals surface area (Å²) in [6.07, 6.45) is 1.60. The van der Waals surface area contributed by atoms with Crippen molar-refractivity contribution in [2.45, 2.75) is 6.92 Å². The number of aliphatic carboxylic acids is 1. The van der Waals surface area contributed by atoms with Crippen LogP contribution in [0.1, 0.15) is 6.92 Å². The van der Waals surface area contributed by atoms with Gasteiger partial charge in [0.15, 0.2) is 5.13 Å². The molecule has 2 atom stereocenters. The summed E-state index contributed by atoms with van der Waals surface area (Å²) < 4.78 is 0. The van der Waals surface area contributed by atoms with E-state index in [1.54, 1.807) is 11.6 Å². The second-order valence-corrected chi connectivity index (χ2v) is 4.99. The van der Waals surface area contributed by atoms with Gasteiger partial charge in [-0.1, -0.05) is 6.92 Å². The van der Waals surface area contributed by atoms with Crippen molar-refractivity contribution in [3.63, 3.8) is 0 Å². The van der Waals surface area contributed by atoms with Crippen LogP contribution in [0.25, 0.3) is 0 Å². The highest BCUT2D eigenvalue weighted by atomic mass is 32.1. The number of hydrogen-bond acceptors (Lipinski definition) is 4. The molecule has 6 nitrogen and oxygen atoms in total. The predicted molar refractivity (Wildman–Crippen MR) is 63.0 cm³/mol. The Labute approximate surface area is 102 Å². The third-order valence-corrected chi connectivity index (χ3v) is 3.55. The van der Waals surface area contributed by atoms with E-state index in [1.165, 1.54) is 16.2 Å². The standard InChI is InChI=1S/C10H13N3O3S/c1-6-4-13(5-7(6)8(14)15)10(16)12-9-11-2-3-17-9/h2-3,6-7H,4-5H2,1H3,(H,14,15)(H,11,12,16). The number of urea groups is 1. The van der Waals surface area contributed by atoms with Gasteiger partial charge < -0.3 is 10.0 Å². The number of aromatic nitrogens is 1. The summed E-state index contributed by atoms with van der Waals surface area (Å²) in [5, 5.41) is 13.9. The molecule has 1 fully saturated rings. The molecule has 17 heavy (non-hydrogen) atoms. The molecule has 1 saturated heterocycles. The highest BCUT2D eigenvalue weighted by Gasteiger charge is 2.37. The Kier molecular flexibility index (Phi) is 3.28. The summed E-state index contributed by atoms with van der Waals surface area (Å²) >= 11 is 1.33. The molecule has 0 saturated carbocycles. The maximum atomic E-state index is 11.8. The molecule has 0 spiro atoms. The Hall–Kier alpha value is -1.63. The third-order valence-electron chi connectivity index (χ3n) is 2.86. The molecule has 2 heterocycles. The van der Waals surface area contributed by atoms with Gasteiger partial charge in [0.2, 0.25) is 0 Å². The fourth-order valence-corrected chi connectivity index (χ4v) is 2.43. The van der Waals surface area contributed by atoms with Gasteiger partial charge in [-0.25, -0.2) is 9.78 Å². The number of thiazole rings is 1. The zero-order valence-electron chi connectivity index (χ0n) is 9.29. The fourth-order valence-electron chi connectivity index (χ4n) is 1.91. The normalized spacial score (nSPS) is 23.7. The lowest BCUT2D eigenvalue weighted by molar-refractivity contribution is -0.142. The predicted octanol–water partition coefficient (Wildman–Crippen LogP) is 1.33. The van der Waals surface area contributed by atoms with E-state index in [4.69, 9.17) is 5.11 Å². The van der Waals surface area contributed by atoms with Crippen LogP contribution >= 0.6 is 11.3 Å². The van der Waals surface area contributed by atoms with E-state index >= 15 is 0 Å². The molecule has 92 valence electrons. The second-order valence-electron chi connectivity index (χ2n) is 4.09. The minimum Gasteiger partial charge on any atom is -0.481 e. The number of hydrogen-bond donors (Lipinski definition) is 2. The van der Waals surface area contributed by atoms with E-state index in [-0.39, 0.29) is 18.5 Å². The van der Waals surface area contributed by atoms with Gasteiger partial charge in [-0.3, -0.25) is 10.1 Å². The van der Waals surface area contributed by atoms with E-state index in [1.807, 2.05) is 6.92 Å². The minimum atomic E-state index is -0.845. The molecule has 1 aliphatic rings. The van der Waals surface area contributed by atoms with Crippen molar-refractivity contribution in [1.82, 2.24) is 9.88 Å².